The van der Waals surface area contributed by atoms with Gasteiger partial charge in [-0.1, -0.05) is 113 Å². The molecular weight excluding hydrogens is 508 g/mol. The number of benzene rings is 5. The Balaban J connectivity index is 1.66. The number of hydrogen-bond acceptors (Lipinski definition) is 2. The average Bonchev–Trinajstić information content (AvgIpc) is 3.02. The largest absolute Gasteiger partial charge is 0.314 e. The van der Waals surface area contributed by atoms with Crippen molar-refractivity contribution in [2.24, 2.45) is 0 Å². The minimum Gasteiger partial charge on any atom is -0.314 e. The minimum atomic E-state index is -0.602. The molecule has 0 saturated heterocycles. The van der Waals surface area contributed by atoms with Crippen LogP contribution in [0.4, 0.5) is 22.7 Å². The lowest BCUT2D eigenvalue weighted by Gasteiger charge is -2.53. The highest BCUT2D eigenvalue weighted by molar-refractivity contribution is 5.81. The summed E-state index contributed by atoms with van der Waals surface area (Å²) < 4.78 is 0. The maximum absolute atomic E-state index is 2.53. The molecule has 42 heavy (non-hydrogen) atoms. The summed E-state index contributed by atoms with van der Waals surface area (Å²) in [5.74, 6) is 0. The zero-order valence-electron chi connectivity index (χ0n) is 25.0. The summed E-state index contributed by atoms with van der Waals surface area (Å²) in [5, 5.41) is 0. The second-order valence-corrected chi connectivity index (χ2v) is 11.5. The molecule has 0 radical (unpaired) electrons. The Labute approximate surface area is 250 Å². The van der Waals surface area contributed by atoms with Crippen LogP contribution in [0.3, 0.4) is 0 Å². The van der Waals surface area contributed by atoms with Gasteiger partial charge in [-0.25, -0.2) is 0 Å². The van der Waals surface area contributed by atoms with Gasteiger partial charge in [-0.15, -0.1) is 0 Å². The van der Waals surface area contributed by atoms with Gasteiger partial charge in [0.15, 0.2) is 0 Å². The van der Waals surface area contributed by atoms with Crippen molar-refractivity contribution in [2.45, 2.75) is 39.8 Å². The van der Waals surface area contributed by atoms with Crippen LogP contribution in [-0.4, -0.2) is 5.66 Å². The van der Waals surface area contributed by atoms with E-state index in [9.17, 15) is 0 Å². The fourth-order valence-electron chi connectivity index (χ4n) is 5.94. The lowest BCUT2D eigenvalue weighted by Crippen LogP contribution is -2.57. The zero-order chi connectivity index (χ0) is 29.1. The van der Waals surface area contributed by atoms with Gasteiger partial charge in [-0.3, -0.25) is 0 Å². The molecule has 5 aromatic carbocycles. The molecule has 0 amide bonds. The molecule has 2 heteroatoms. The fourth-order valence-corrected chi connectivity index (χ4v) is 5.94. The van der Waals surface area contributed by atoms with Crippen molar-refractivity contribution in [3.63, 3.8) is 0 Å². The summed E-state index contributed by atoms with van der Waals surface area (Å²) in [4.78, 5) is 5.05. The van der Waals surface area contributed by atoms with E-state index in [1.165, 1.54) is 33.4 Å². The van der Waals surface area contributed by atoms with Crippen molar-refractivity contribution in [2.75, 3.05) is 9.80 Å². The third kappa shape index (κ3) is 5.41. The molecule has 0 aliphatic heterocycles. The molecule has 0 heterocycles. The van der Waals surface area contributed by atoms with Gasteiger partial charge in [0, 0.05) is 29.2 Å². The monoisotopic (exact) mass is 546 g/mol. The molecule has 0 spiro atoms. The molecule has 1 aliphatic rings. The first-order valence-corrected chi connectivity index (χ1v) is 14.7. The minimum absolute atomic E-state index is 0.602. The highest BCUT2D eigenvalue weighted by Crippen LogP contribution is 2.48. The molecule has 1 aliphatic carbocycles. The molecule has 0 atom stereocenters. The lowest BCUT2D eigenvalue weighted by atomic mass is 9.85. The first-order chi connectivity index (χ1) is 20.4. The molecule has 5 aromatic rings. The average molecular weight is 547 g/mol. The molecule has 6 rings (SSSR count). The van der Waals surface area contributed by atoms with Crippen molar-refractivity contribution >= 4 is 28.3 Å². The van der Waals surface area contributed by atoms with Crippen LogP contribution in [-0.2, 0) is 0 Å². The van der Waals surface area contributed by atoms with Crippen LogP contribution < -0.4 is 9.80 Å². The number of allylic oxidation sites excluding steroid dienone is 2. The van der Waals surface area contributed by atoms with Crippen LogP contribution in [0, 0.1) is 27.7 Å². The van der Waals surface area contributed by atoms with Gasteiger partial charge in [-0.2, -0.15) is 0 Å². The Hall–Kier alpha value is -4.82. The van der Waals surface area contributed by atoms with E-state index in [1.54, 1.807) is 0 Å². The molecular formula is C40H38N2. The normalized spacial score (nSPS) is 13.9. The second-order valence-electron chi connectivity index (χ2n) is 11.5. The third-order valence-corrected chi connectivity index (χ3v) is 8.20. The molecule has 208 valence electrons. The highest BCUT2D eigenvalue weighted by atomic mass is 15.4. The zero-order valence-corrected chi connectivity index (χ0v) is 25.0. The van der Waals surface area contributed by atoms with E-state index in [2.05, 4.69) is 183 Å². The molecule has 0 unspecified atom stereocenters. The van der Waals surface area contributed by atoms with Crippen LogP contribution in [0.25, 0.3) is 5.57 Å². The van der Waals surface area contributed by atoms with Gasteiger partial charge in [-0.05, 0) is 93.4 Å². The topological polar surface area (TPSA) is 6.48 Å². The SMILES string of the molecule is Cc1ccc(N(c2ccc(C)cc2)C2(N(c3ccc(C)cc3)c3ccc(C)cc3)C=CC=C(c3ccccc3)C2)cc1. The third-order valence-electron chi connectivity index (χ3n) is 8.20. The van der Waals surface area contributed by atoms with Crippen LogP contribution in [0.15, 0.2) is 146 Å². The Bertz CT molecular complexity index is 1510. The predicted molar refractivity (Wildman–Crippen MR) is 180 cm³/mol. The van der Waals surface area contributed by atoms with Crippen LogP contribution in [0.2, 0.25) is 0 Å². The van der Waals surface area contributed by atoms with Gasteiger partial charge in [0.2, 0.25) is 0 Å². The smallest absolute Gasteiger partial charge is 0.145 e. The van der Waals surface area contributed by atoms with E-state index < -0.39 is 5.66 Å². The first-order valence-electron chi connectivity index (χ1n) is 14.7. The summed E-state index contributed by atoms with van der Waals surface area (Å²) >= 11 is 0. The maximum atomic E-state index is 2.53. The summed E-state index contributed by atoms with van der Waals surface area (Å²) in [5.41, 5.74) is 11.5. The number of hydrogen-bond donors (Lipinski definition) is 0. The van der Waals surface area contributed by atoms with Crippen LogP contribution in [0.1, 0.15) is 34.2 Å². The fraction of sp³-hybridized carbons (Fsp3) is 0.150. The quantitative estimate of drug-likeness (QED) is 0.187. The standard InChI is InChI=1S/C40H38N2/c1-30-12-20-36(21-13-30)41(37-22-14-31(2)15-23-37)40(28-8-11-35(29-40)34-9-6-5-7-10-34)42(38-24-16-32(3)17-25-38)39-26-18-33(4)19-27-39/h5-28H,29H2,1-4H3. The van der Waals surface area contributed by atoms with Crippen LogP contribution >= 0.6 is 0 Å². The number of aryl methyl sites for hydroxylation is 4. The molecule has 0 N–H and O–H groups in total. The van der Waals surface area contributed by atoms with E-state index >= 15 is 0 Å². The maximum Gasteiger partial charge on any atom is 0.145 e. The number of rotatable bonds is 7. The Morgan fingerprint density at radius 1 is 0.452 bits per heavy atom. The van der Waals surface area contributed by atoms with Gasteiger partial charge in [0.1, 0.15) is 5.66 Å². The molecule has 2 nitrogen and oxygen atoms in total. The summed E-state index contributed by atoms with van der Waals surface area (Å²) in [6.45, 7) is 8.60. The van der Waals surface area contributed by atoms with E-state index in [1.807, 2.05) is 0 Å². The second kappa shape index (κ2) is 11.6. The number of nitrogens with zero attached hydrogens (tertiary/aromatic N) is 2. The highest BCUT2D eigenvalue weighted by Gasteiger charge is 2.44. The predicted octanol–water partition coefficient (Wildman–Crippen LogP) is 10.6. The first kappa shape index (κ1) is 27.4. The van der Waals surface area contributed by atoms with Crippen molar-refractivity contribution in [3.8, 4) is 0 Å². The molecule has 0 saturated carbocycles. The van der Waals surface area contributed by atoms with E-state index in [0.717, 1.165) is 29.2 Å². The number of anilines is 4. The van der Waals surface area contributed by atoms with Gasteiger partial charge < -0.3 is 9.80 Å². The molecule has 0 aromatic heterocycles. The Morgan fingerprint density at radius 2 is 0.810 bits per heavy atom. The van der Waals surface area contributed by atoms with Crippen LogP contribution in [0.5, 0.6) is 0 Å². The van der Waals surface area contributed by atoms with Gasteiger partial charge in [0.25, 0.3) is 0 Å². The van der Waals surface area contributed by atoms with E-state index in [-0.39, 0.29) is 0 Å². The Morgan fingerprint density at radius 3 is 1.17 bits per heavy atom. The van der Waals surface area contributed by atoms with E-state index in [4.69, 9.17) is 0 Å². The lowest BCUT2D eigenvalue weighted by molar-refractivity contribution is 0.532. The van der Waals surface area contributed by atoms with Crippen molar-refractivity contribution in [1.29, 1.82) is 0 Å². The summed E-state index contributed by atoms with van der Waals surface area (Å²) in [7, 11) is 0. The van der Waals surface area contributed by atoms with Crippen molar-refractivity contribution < 1.29 is 0 Å². The van der Waals surface area contributed by atoms with Gasteiger partial charge in [0.05, 0.1) is 0 Å². The summed E-state index contributed by atoms with van der Waals surface area (Å²) in [6, 6.07) is 46.6. The summed E-state index contributed by atoms with van der Waals surface area (Å²) in [6.07, 6.45) is 7.69. The van der Waals surface area contributed by atoms with Gasteiger partial charge >= 0.3 is 0 Å². The molecule has 0 fully saturated rings. The molecule has 0 bridgehead atoms. The Kier molecular flexibility index (Phi) is 7.54. The van der Waals surface area contributed by atoms with Crippen molar-refractivity contribution in [3.05, 3.63) is 173 Å². The van der Waals surface area contributed by atoms with Crippen molar-refractivity contribution in [1.82, 2.24) is 0 Å². The van der Waals surface area contributed by atoms with E-state index in [0.29, 0.717) is 0 Å².